The molecule has 4 heterocycles. The number of rotatable bonds is 5. The minimum atomic E-state index is -5.08. The van der Waals surface area contributed by atoms with E-state index in [4.69, 9.17) is 24.5 Å². The molecule has 2 aromatic carbocycles. The Kier molecular flexibility index (Phi) is 11.9. The first-order valence-corrected chi connectivity index (χ1v) is 15.6. The molecule has 0 saturated carbocycles. The molecule has 6 rings (SSSR count). The third-order valence-corrected chi connectivity index (χ3v) is 8.57. The van der Waals surface area contributed by atoms with Gasteiger partial charge in [-0.1, -0.05) is 42.5 Å². The summed E-state index contributed by atoms with van der Waals surface area (Å²) in [5.41, 5.74) is 2.58. The van der Waals surface area contributed by atoms with Crippen LogP contribution >= 0.6 is 11.3 Å². The number of alkyl halides is 6. The lowest BCUT2D eigenvalue weighted by Gasteiger charge is -2.36. The fourth-order valence-electron chi connectivity index (χ4n) is 5.04. The van der Waals surface area contributed by atoms with Gasteiger partial charge in [-0.25, -0.2) is 9.59 Å². The lowest BCUT2D eigenvalue weighted by atomic mass is 10.1. The molecular weight excluding hydrogens is 710 g/mol. The molecule has 1 aliphatic heterocycles. The summed E-state index contributed by atoms with van der Waals surface area (Å²) in [5.74, 6) is -5.24. The van der Waals surface area contributed by atoms with Crippen LogP contribution in [-0.2, 0) is 16.1 Å². The number of hydrogen-bond donors (Lipinski definition) is 2. The number of carbonyl (C=O) groups excluding carboxylic acids is 1. The second-order valence-electron chi connectivity index (χ2n) is 10.6. The number of para-hydroxylation sites is 2. The number of thiophene rings is 1. The van der Waals surface area contributed by atoms with Crippen LogP contribution in [0.1, 0.15) is 15.4 Å². The maximum atomic E-state index is 13.9. The first-order chi connectivity index (χ1) is 24.0. The minimum absolute atomic E-state index is 0.0921. The second-order valence-corrected chi connectivity index (χ2v) is 11.6. The number of amides is 1. The summed E-state index contributed by atoms with van der Waals surface area (Å²) in [6, 6.07) is 23.7. The summed E-state index contributed by atoms with van der Waals surface area (Å²) in [7, 11) is 1.53. The molecule has 51 heavy (non-hydrogen) atoms. The molecule has 0 atom stereocenters. The summed E-state index contributed by atoms with van der Waals surface area (Å²) in [6.45, 7) is 3.05. The molecule has 5 aromatic rings. The summed E-state index contributed by atoms with van der Waals surface area (Å²) in [4.78, 5) is 54.4. The number of nitrogens with zero attached hydrogens (tertiary/aromatic N) is 4. The van der Waals surface area contributed by atoms with Gasteiger partial charge in [-0.2, -0.15) is 26.3 Å². The monoisotopic (exact) mass is 738 g/mol. The molecule has 1 saturated heterocycles. The van der Waals surface area contributed by atoms with Gasteiger partial charge in [0.15, 0.2) is 5.75 Å². The van der Waals surface area contributed by atoms with Crippen molar-refractivity contribution in [1.82, 2.24) is 14.5 Å². The Morgan fingerprint density at radius 2 is 1.37 bits per heavy atom. The van der Waals surface area contributed by atoms with Crippen molar-refractivity contribution in [3.8, 4) is 5.75 Å². The quantitative estimate of drug-likeness (QED) is 0.211. The first kappa shape index (κ1) is 38.2. The van der Waals surface area contributed by atoms with E-state index < -0.39 is 24.3 Å². The molecule has 1 aliphatic rings. The number of aliphatic carboxylic acids is 2. The van der Waals surface area contributed by atoms with Gasteiger partial charge < -0.3 is 29.3 Å². The molecule has 0 bridgehead atoms. The Morgan fingerprint density at radius 3 is 1.90 bits per heavy atom. The van der Waals surface area contributed by atoms with Gasteiger partial charge in [0.05, 0.1) is 29.6 Å². The number of anilines is 1. The van der Waals surface area contributed by atoms with Crippen LogP contribution in [0, 0.1) is 0 Å². The third-order valence-electron chi connectivity index (χ3n) is 7.38. The van der Waals surface area contributed by atoms with Gasteiger partial charge in [-0.05, 0) is 30.3 Å². The maximum Gasteiger partial charge on any atom is 0.490 e. The maximum absolute atomic E-state index is 13.9. The number of ether oxygens (including phenoxy) is 1. The average Bonchev–Trinajstić information content (AvgIpc) is 3.51. The van der Waals surface area contributed by atoms with Crippen molar-refractivity contribution >= 4 is 55.9 Å². The largest absolute Gasteiger partial charge is 0.494 e. The first-order valence-electron chi connectivity index (χ1n) is 14.8. The summed E-state index contributed by atoms with van der Waals surface area (Å²) in [5, 5.41) is 15.6. The van der Waals surface area contributed by atoms with Crippen molar-refractivity contribution in [1.29, 1.82) is 0 Å². The van der Waals surface area contributed by atoms with Gasteiger partial charge in [0.25, 0.3) is 11.5 Å². The molecule has 0 aliphatic carbocycles. The fraction of sp³-hybridized carbons (Fsp3) is 0.242. The van der Waals surface area contributed by atoms with Gasteiger partial charge in [-0.15, -0.1) is 11.3 Å². The topological polar surface area (TPSA) is 142 Å². The van der Waals surface area contributed by atoms with Gasteiger partial charge in [0.2, 0.25) is 0 Å². The molecule has 1 fully saturated rings. The molecule has 3 aromatic heterocycles. The Bertz CT molecular complexity index is 2040. The zero-order valence-electron chi connectivity index (χ0n) is 26.4. The SMILES string of the molecule is COc1c(C(=O)N2CCN(c3ccccc3)CC2)sc2c1c(=O)n(Cc1ccccn1)c1ccccc21.O=C(O)C(F)(F)F.O=C(O)C(F)(F)F. The van der Waals surface area contributed by atoms with E-state index >= 15 is 0 Å². The van der Waals surface area contributed by atoms with Crippen molar-refractivity contribution in [2.75, 3.05) is 38.2 Å². The van der Waals surface area contributed by atoms with E-state index in [9.17, 15) is 35.9 Å². The van der Waals surface area contributed by atoms with Crippen molar-refractivity contribution < 1.29 is 55.7 Å². The van der Waals surface area contributed by atoms with E-state index in [0.29, 0.717) is 35.6 Å². The van der Waals surface area contributed by atoms with E-state index in [1.165, 1.54) is 18.4 Å². The molecule has 2 N–H and O–H groups in total. The van der Waals surface area contributed by atoms with Gasteiger partial charge in [0, 0.05) is 43.4 Å². The van der Waals surface area contributed by atoms with E-state index in [1.807, 2.05) is 65.6 Å². The molecule has 1 amide bonds. The molecule has 0 spiro atoms. The van der Waals surface area contributed by atoms with Crippen molar-refractivity contribution in [3.63, 3.8) is 0 Å². The van der Waals surface area contributed by atoms with Crippen LogP contribution in [0.5, 0.6) is 5.75 Å². The Labute approximate surface area is 288 Å². The predicted molar refractivity (Wildman–Crippen MR) is 175 cm³/mol. The number of piperazine rings is 1. The molecular formula is C33H28F6N4O7S. The van der Waals surface area contributed by atoms with Gasteiger partial charge in [0.1, 0.15) is 10.3 Å². The number of pyridine rings is 2. The number of carboxylic acid groups (broad SMARTS) is 2. The van der Waals surface area contributed by atoms with Crippen LogP contribution < -0.4 is 15.2 Å². The van der Waals surface area contributed by atoms with E-state index in [0.717, 1.165) is 40.1 Å². The molecule has 0 radical (unpaired) electrons. The van der Waals surface area contributed by atoms with Gasteiger partial charge in [-0.3, -0.25) is 14.6 Å². The fourth-order valence-corrected chi connectivity index (χ4v) is 6.30. The highest BCUT2D eigenvalue weighted by atomic mass is 32.1. The lowest BCUT2D eigenvalue weighted by Crippen LogP contribution is -2.48. The number of hydrogen-bond acceptors (Lipinski definition) is 8. The zero-order valence-corrected chi connectivity index (χ0v) is 27.3. The molecule has 0 unspecified atom stereocenters. The number of benzene rings is 2. The average molecular weight is 739 g/mol. The second kappa shape index (κ2) is 15.9. The molecule has 18 heteroatoms. The van der Waals surface area contributed by atoms with Crippen molar-refractivity contribution in [3.05, 3.63) is 99.9 Å². The summed E-state index contributed by atoms with van der Waals surface area (Å²) < 4.78 is 71.7. The van der Waals surface area contributed by atoms with Crippen LogP contribution in [0.25, 0.3) is 21.0 Å². The van der Waals surface area contributed by atoms with Crippen LogP contribution in [0.3, 0.4) is 0 Å². The van der Waals surface area contributed by atoms with E-state index in [-0.39, 0.29) is 11.5 Å². The van der Waals surface area contributed by atoms with E-state index in [1.54, 1.807) is 10.8 Å². The summed E-state index contributed by atoms with van der Waals surface area (Å²) in [6.07, 6.45) is -8.44. The normalized spacial score (nSPS) is 13.2. The number of carboxylic acids is 2. The van der Waals surface area contributed by atoms with Crippen LogP contribution in [0.2, 0.25) is 0 Å². The van der Waals surface area contributed by atoms with Crippen molar-refractivity contribution in [2.45, 2.75) is 18.9 Å². The summed E-state index contributed by atoms with van der Waals surface area (Å²) >= 11 is 1.35. The number of fused-ring (bicyclic) bond motifs is 3. The van der Waals surface area contributed by atoms with Crippen LogP contribution in [-0.4, -0.2) is 88.2 Å². The van der Waals surface area contributed by atoms with Crippen LogP contribution in [0.15, 0.2) is 83.8 Å². The third kappa shape index (κ3) is 9.13. The smallest absolute Gasteiger partial charge is 0.490 e. The van der Waals surface area contributed by atoms with Crippen molar-refractivity contribution in [2.24, 2.45) is 0 Å². The highest BCUT2D eigenvalue weighted by Gasteiger charge is 2.39. The number of methoxy groups -OCH3 is 1. The lowest BCUT2D eigenvalue weighted by molar-refractivity contribution is -0.193. The van der Waals surface area contributed by atoms with E-state index in [2.05, 4.69) is 22.0 Å². The Morgan fingerprint density at radius 1 is 0.824 bits per heavy atom. The number of halogens is 6. The highest BCUT2D eigenvalue weighted by Crippen LogP contribution is 2.40. The Hall–Kier alpha value is -5.65. The number of carbonyl (C=O) groups is 3. The highest BCUT2D eigenvalue weighted by molar-refractivity contribution is 7.22. The predicted octanol–water partition coefficient (Wildman–Crippen LogP) is 5.90. The minimum Gasteiger partial charge on any atom is -0.494 e. The Balaban J connectivity index is 0.000000353. The number of aromatic nitrogens is 2. The van der Waals surface area contributed by atoms with Crippen LogP contribution in [0.4, 0.5) is 32.0 Å². The molecule has 11 nitrogen and oxygen atoms in total. The van der Waals surface area contributed by atoms with Gasteiger partial charge >= 0.3 is 24.3 Å². The molecule has 270 valence electrons. The zero-order chi connectivity index (χ0) is 37.5. The standard InChI is InChI=1S/C29H26N4O3S.2C2HF3O2/c1-36-25-24-26(22-12-5-6-13-23(22)33(28(24)34)19-20-9-7-8-14-30-20)37-27(25)29(35)32-17-15-31(16-18-32)21-10-3-2-4-11-21;2*3-2(4,5)1(6)7/h2-14H,15-19H2,1H3;2*(H,6,7).